The third kappa shape index (κ3) is 8.08. The summed E-state index contributed by atoms with van der Waals surface area (Å²) >= 11 is 0. The number of rotatable bonds is 11. The summed E-state index contributed by atoms with van der Waals surface area (Å²) in [5, 5.41) is 12.2. The number of unbranched alkanes of at least 4 members (excludes halogenated alkanes) is 5. The largest absolute Gasteiger partial charge is 0.394 e. The molecule has 1 unspecified atom stereocenters. The van der Waals surface area contributed by atoms with Gasteiger partial charge in [0.15, 0.2) is 0 Å². The van der Waals surface area contributed by atoms with E-state index < -0.39 is 0 Å². The smallest absolute Gasteiger partial charge is 0.0667 e. The molecule has 1 atom stereocenters. The number of nitrogens with one attached hydrogen (secondary N) is 1. The molecule has 0 aromatic rings. The fourth-order valence-electron chi connectivity index (χ4n) is 1.48. The second-order valence-electron chi connectivity index (χ2n) is 4.79. The number of hydrogen-bond donors (Lipinski definition) is 2. The van der Waals surface area contributed by atoms with Crippen molar-refractivity contribution in [1.82, 2.24) is 5.32 Å². The predicted molar refractivity (Wildman–Crippen MR) is 68.7 cm³/mol. The van der Waals surface area contributed by atoms with E-state index in [2.05, 4.69) is 12.2 Å². The Morgan fingerprint density at radius 2 is 1.75 bits per heavy atom. The first kappa shape index (κ1) is 15.9. The van der Waals surface area contributed by atoms with Gasteiger partial charge >= 0.3 is 0 Å². The van der Waals surface area contributed by atoms with Gasteiger partial charge in [-0.25, -0.2) is 0 Å². The molecule has 0 aromatic heterocycles. The molecule has 98 valence electrons. The molecule has 16 heavy (non-hydrogen) atoms. The Bertz CT molecular complexity index is 147. The van der Waals surface area contributed by atoms with E-state index in [1.807, 2.05) is 14.0 Å². The average molecular weight is 231 g/mol. The van der Waals surface area contributed by atoms with Crippen LogP contribution in [0.5, 0.6) is 0 Å². The summed E-state index contributed by atoms with van der Waals surface area (Å²) in [5.41, 5.74) is -0.289. The first-order valence-electron chi connectivity index (χ1n) is 6.56. The van der Waals surface area contributed by atoms with Crippen LogP contribution in [0.4, 0.5) is 0 Å². The van der Waals surface area contributed by atoms with Gasteiger partial charge in [-0.1, -0.05) is 39.0 Å². The van der Waals surface area contributed by atoms with Crippen molar-refractivity contribution in [1.29, 1.82) is 0 Å². The minimum atomic E-state index is -0.289. The molecule has 3 heteroatoms. The quantitative estimate of drug-likeness (QED) is 0.536. The molecule has 0 heterocycles. The van der Waals surface area contributed by atoms with E-state index in [0.717, 1.165) is 13.0 Å². The number of aliphatic hydroxyl groups is 1. The van der Waals surface area contributed by atoms with Crippen LogP contribution in [0, 0.1) is 0 Å². The van der Waals surface area contributed by atoms with Crippen LogP contribution in [0.2, 0.25) is 0 Å². The number of ether oxygens (including phenoxy) is 1. The zero-order valence-electron chi connectivity index (χ0n) is 11.2. The van der Waals surface area contributed by atoms with Crippen molar-refractivity contribution < 1.29 is 9.84 Å². The fourth-order valence-corrected chi connectivity index (χ4v) is 1.48. The number of hydrogen-bond acceptors (Lipinski definition) is 3. The summed E-state index contributed by atoms with van der Waals surface area (Å²) < 4.78 is 5.56. The van der Waals surface area contributed by atoms with Gasteiger partial charge in [0.05, 0.1) is 18.8 Å². The highest BCUT2D eigenvalue weighted by Gasteiger charge is 2.20. The Balaban J connectivity index is 3.26. The fraction of sp³-hybridized carbons (Fsp3) is 1.00. The minimum absolute atomic E-state index is 0.111. The lowest BCUT2D eigenvalue weighted by atomic mass is 10.1. The second kappa shape index (κ2) is 10.1. The standard InChI is InChI=1S/C13H29NO2/c1-4-5-6-7-8-9-10-16-12-13(2,11-15)14-3/h14-15H,4-12H2,1-3H3. The van der Waals surface area contributed by atoms with E-state index in [9.17, 15) is 0 Å². The molecule has 0 spiro atoms. The van der Waals surface area contributed by atoms with Crippen LogP contribution >= 0.6 is 0 Å². The SMILES string of the molecule is CCCCCCCCOCC(C)(CO)NC. The first-order valence-corrected chi connectivity index (χ1v) is 6.56. The molecule has 0 saturated carbocycles. The van der Waals surface area contributed by atoms with Crippen molar-refractivity contribution in [2.75, 3.05) is 26.9 Å². The summed E-state index contributed by atoms with van der Waals surface area (Å²) in [5.74, 6) is 0. The zero-order valence-corrected chi connectivity index (χ0v) is 11.2. The molecule has 2 N–H and O–H groups in total. The summed E-state index contributed by atoms with van der Waals surface area (Å²) in [6.45, 7) is 5.70. The highest BCUT2D eigenvalue weighted by Crippen LogP contribution is 2.06. The lowest BCUT2D eigenvalue weighted by molar-refractivity contribution is 0.0464. The maximum Gasteiger partial charge on any atom is 0.0667 e. The monoisotopic (exact) mass is 231 g/mol. The molecule has 0 aromatic carbocycles. The van der Waals surface area contributed by atoms with E-state index in [1.165, 1.54) is 32.1 Å². The molecule has 0 saturated heterocycles. The Hall–Kier alpha value is -0.120. The van der Waals surface area contributed by atoms with Crippen molar-refractivity contribution in [2.24, 2.45) is 0 Å². The molecule has 0 aliphatic heterocycles. The summed E-state index contributed by atoms with van der Waals surface area (Å²) in [7, 11) is 1.85. The van der Waals surface area contributed by atoms with Crippen molar-refractivity contribution in [3.63, 3.8) is 0 Å². The van der Waals surface area contributed by atoms with Crippen LogP contribution in [0.1, 0.15) is 52.4 Å². The highest BCUT2D eigenvalue weighted by atomic mass is 16.5. The first-order chi connectivity index (χ1) is 7.68. The van der Waals surface area contributed by atoms with Gasteiger partial charge in [0, 0.05) is 6.61 Å². The van der Waals surface area contributed by atoms with Gasteiger partial charge in [-0.15, -0.1) is 0 Å². The maximum absolute atomic E-state index is 9.14. The van der Waals surface area contributed by atoms with Gasteiger partial charge in [0.1, 0.15) is 0 Å². The summed E-state index contributed by atoms with van der Waals surface area (Å²) in [6, 6.07) is 0. The van der Waals surface area contributed by atoms with Gasteiger partial charge in [-0.3, -0.25) is 0 Å². The van der Waals surface area contributed by atoms with Crippen molar-refractivity contribution in [3.8, 4) is 0 Å². The van der Waals surface area contributed by atoms with Crippen molar-refractivity contribution >= 4 is 0 Å². The summed E-state index contributed by atoms with van der Waals surface area (Å²) in [6.07, 6.45) is 7.71. The van der Waals surface area contributed by atoms with Crippen molar-refractivity contribution in [2.45, 2.75) is 57.9 Å². The van der Waals surface area contributed by atoms with Crippen LogP contribution in [-0.2, 0) is 4.74 Å². The average Bonchev–Trinajstić information content (AvgIpc) is 2.32. The Kier molecular flexibility index (Phi) is 9.99. The molecular formula is C13H29NO2. The van der Waals surface area contributed by atoms with Crippen molar-refractivity contribution in [3.05, 3.63) is 0 Å². The Morgan fingerprint density at radius 1 is 1.12 bits per heavy atom. The van der Waals surface area contributed by atoms with Gasteiger partial charge in [0.2, 0.25) is 0 Å². The predicted octanol–water partition coefficient (Wildman–Crippen LogP) is 2.33. The molecule has 0 bridgehead atoms. The van der Waals surface area contributed by atoms with E-state index in [1.54, 1.807) is 0 Å². The second-order valence-corrected chi connectivity index (χ2v) is 4.79. The number of aliphatic hydroxyl groups excluding tert-OH is 1. The van der Waals surface area contributed by atoms with Crippen LogP contribution in [-0.4, -0.2) is 37.5 Å². The van der Waals surface area contributed by atoms with Gasteiger partial charge in [-0.2, -0.15) is 0 Å². The van der Waals surface area contributed by atoms with E-state index >= 15 is 0 Å². The molecule has 0 aliphatic carbocycles. The zero-order chi connectivity index (χ0) is 12.3. The summed E-state index contributed by atoms with van der Waals surface area (Å²) in [4.78, 5) is 0. The van der Waals surface area contributed by atoms with E-state index in [4.69, 9.17) is 9.84 Å². The third-order valence-corrected chi connectivity index (χ3v) is 3.02. The normalized spacial score (nSPS) is 15.0. The molecule has 0 amide bonds. The molecule has 0 rings (SSSR count). The Labute approximate surface area is 101 Å². The molecule has 3 nitrogen and oxygen atoms in total. The molecule has 0 radical (unpaired) electrons. The number of likely N-dealkylation sites (N-methyl/N-ethyl adjacent to an activating group) is 1. The highest BCUT2D eigenvalue weighted by molar-refractivity contribution is 4.79. The lowest BCUT2D eigenvalue weighted by Gasteiger charge is -2.26. The molecular weight excluding hydrogens is 202 g/mol. The van der Waals surface area contributed by atoms with E-state index in [-0.39, 0.29) is 12.1 Å². The van der Waals surface area contributed by atoms with Crippen LogP contribution in [0.25, 0.3) is 0 Å². The van der Waals surface area contributed by atoms with Crippen LogP contribution in [0.3, 0.4) is 0 Å². The van der Waals surface area contributed by atoms with Crippen LogP contribution in [0.15, 0.2) is 0 Å². The maximum atomic E-state index is 9.14. The molecule has 0 fully saturated rings. The van der Waals surface area contributed by atoms with Crippen LogP contribution < -0.4 is 5.32 Å². The lowest BCUT2D eigenvalue weighted by Crippen LogP contribution is -2.47. The topological polar surface area (TPSA) is 41.5 Å². The molecule has 0 aliphatic rings. The van der Waals surface area contributed by atoms with Gasteiger partial charge in [0.25, 0.3) is 0 Å². The Morgan fingerprint density at radius 3 is 2.31 bits per heavy atom. The minimum Gasteiger partial charge on any atom is -0.394 e. The van der Waals surface area contributed by atoms with E-state index in [0.29, 0.717) is 6.61 Å². The van der Waals surface area contributed by atoms with Gasteiger partial charge < -0.3 is 15.2 Å². The third-order valence-electron chi connectivity index (χ3n) is 3.02. The van der Waals surface area contributed by atoms with Gasteiger partial charge in [-0.05, 0) is 20.4 Å².